The number of nitrogens with one attached hydrogen (secondary N) is 1. The van der Waals surface area contributed by atoms with Crippen molar-refractivity contribution >= 4 is 11.7 Å². The maximum atomic E-state index is 11.3. The minimum absolute atomic E-state index is 0.00454. The molecule has 0 aromatic carbocycles. The van der Waals surface area contributed by atoms with E-state index in [2.05, 4.69) is 5.32 Å². The number of furan rings is 1. The monoisotopic (exact) mass is 195 g/mol. The molecule has 0 aliphatic rings. The third-order valence-corrected chi connectivity index (χ3v) is 1.81. The summed E-state index contributed by atoms with van der Waals surface area (Å²) in [5, 5.41) is 2.48. The van der Waals surface area contributed by atoms with E-state index in [4.69, 9.17) is 4.42 Å². The molecule has 14 heavy (non-hydrogen) atoms. The molecule has 0 aliphatic heterocycles. The Hall–Kier alpha value is -1.58. The van der Waals surface area contributed by atoms with Crippen LogP contribution in [0.1, 0.15) is 24.4 Å². The van der Waals surface area contributed by atoms with Gasteiger partial charge in [0.05, 0.1) is 12.8 Å². The first kappa shape index (κ1) is 10.5. The van der Waals surface area contributed by atoms with Gasteiger partial charge in [0, 0.05) is 5.92 Å². The molecule has 1 aromatic heterocycles. The topological polar surface area (TPSA) is 59.3 Å². The Morgan fingerprint density at radius 3 is 2.71 bits per heavy atom. The molecule has 1 heterocycles. The van der Waals surface area contributed by atoms with Crippen molar-refractivity contribution in [2.75, 3.05) is 6.54 Å². The number of amides is 1. The minimum atomic E-state index is -0.357. The molecule has 1 N–H and O–H groups in total. The van der Waals surface area contributed by atoms with Gasteiger partial charge in [-0.15, -0.1) is 0 Å². The standard InChI is InChI=1S/C10H13NO3/c1-7(2)8(12)6-11-10(13)9-4-3-5-14-9/h3-5,7H,6H2,1-2H3,(H,11,13). The number of hydrogen-bond donors (Lipinski definition) is 1. The van der Waals surface area contributed by atoms with Gasteiger partial charge in [0.15, 0.2) is 11.5 Å². The molecule has 76 valence electrons. The molecule has 0 saturated heterocycles. The third-order valence-electron chi connectivity index (χ3n) is 1.81. The van der Waals surface area contributed by atoms with Crippen LogP contribution in [0.25, 0.3) is 0 Å². The van der Waals surface area contributed by atoms with E-state index in [0.29, 0.717) is 0 Å². The Morgan fingerprint density at radius 2 is 2.21 bits per heavy atom. The molecule has 0 radical (unpaired) electrons. The van der Waals surface area contributed by atoms with Crippen LogP contribution in [0.15, 0.2) is 22.8 Å². The van der Waals surface area contributed by atoms with Gasteiger partial charge in [-0.3, -0.25) is 9.59 Å². The van der Waals surface area contributed by atoms with Crippen molar-refractivity contribution in [2.24, 2.45) is 5.92 Å². The van der Waals surface area contributed by atoms with Gasteiger partial charge in [-0.25, -0.2) is 0 Å². The molecule has 1 aromatic rings. The van der Waals surface area contributed by atoms with E-state index in [1.165, 1.54) is 6.26 Å². The number of Topliss-reactive ketones (excluding diaryl/α,β-unsaturated/α-hetero) is 1. The van der Waals surface area contributed by atoms with Crippen LogP contribution in [0.4, 0.5) is 0 Å². The highest BCUT2D eigenvalue weighted by molar-refractivity contribution is 5.94. The Labute approximate surface area is 82.3 Å². The number of hydrogen-bond acceptors (Lipinski definition) is 3. The molecule has 1 amide bonds. The third kappa shape index (κ3) is 2.73. The summed E-state index contributed by atoms with van der Waals surface area (Å²) in [6.07, 6.45) is 1.42. The molecule has 1 rings (SSSR count). The number of carbonyl (C=O) groups excluding carboxylic acids is 2. The first-order valence-electron chi connectivity index (χ1n) is 4.45. The maximum Gasteiger partial charge on any atom is 0.287 e. The van der Waals surface area contributed by atoms with Crippen molar-refractivity contribution in [2.45, 2.75) is 13.8 Å². The molecule has 0 unspecified atom stereocenters. The molecule has 0 spiro atoms. The lowest BCUT2D eigenvalue weighted by molar-refractivity contribution is -0.120. The smallest absolute Gasteiger partial charge is 0.287 e. The van der Waals surface area contributed by atoms with Gasteiger partial charge in [-0.1, -0.05) is 13.8 Å². The van der Waals surface area contributed by atoms with E-state index in [-0.39, 0.29) is 29.9 Å². The Balaban J connectivity index is 2.40. The predicted octanol–water partition coefficient (Wildman–Crippen LogP) is 1.23. The van der Waals surface area contributed by atoms with Crippen molar-refractivity contribution in [3.05, 3.63) is 24.2 Å². The quantitative estimate of drug-likeness (QED) is 0.786. The lowest BCUT2D eigenvalue weighted by Gasteiger charge is -2.04. The van der Waals surface area contributed by atoms with Gasteiger partial charge in [0.2, 0.25) is 0 Å². The lowest BCUT2D eigenvalue weighted by Crippen LogP contribution is -2.31. The van der Waals surface area contributed by atoms with Crippen molar-refractivity contribution in [3.8, 4) is 0 Å². The predicted molar refractivity (Wildman–Crippen MR) is 50.9 cm³/mol. The van der Waals surface area contributed by atoms with Gasteiger partial charge in [-0.05, 0) is 12.1 Å². The lowest BCUT2D eigenvalue weighted by atomic mass is 10.1. The van der Waals surface area contributed by atoms with Gasteiger partial charge < -0.3 is 9.73 Å². The fourth-order valence-corrected chi connectivity index (χ4v) is 0.866. The van der Waals surface area contributed by atoms with Crippen LogP contribution >= 0.6 is 0 Å². The number of ketones is 1. The van der Waals surface area contributed by atoms with Crippen molar-refractivity contribution < 1.29 is 14.0 Å². The highest BCUT2D eigenvalue weighted by Crippen LogP contribution is 1.99. The van der Waals surface area contributed by atoms with E-state index >= 15 is 0 Å². The zero-order valence-corrected chi connectivity index (χ0v) is 8.24. The zero-order chi connectivity index (χ0) is 10.6. The molecule has 4 nitrogen and oxygen atoms in total. The normalized spacial score (nSPS) is 10.2. The highest BCUT2D eigenvalue weighted by atomic mass is 16.3. The summed E-state index contributed by atoms with van der Waals surface area (Å²) in [4.78, 5) is 22.4. The van der Waals surface area contributed by atoms with E-state index in [1.54, 1.807) is 26.0 Å². The summed E-state index contributed by atoms with van der Waals surface area (Å²) in [6.45, 7) is 3.64. The van der Waals surface area contributed by atoms with Gasteiger partial charge in [0.1, 0.15) is 0 Å². The average molecular weight is 195 g/mol. The molecular weight excluding hydrogens is 182 g/mol. The largest absolute Gasteiger partial charge is 0.459 e. The van der Waals surface area contributed by atoms with Crippen molar-refractivity contribution in [3.63, 3.8) is 0 Å². The Morgan fingerprint density at radius 1 is 1.50 bits per heavy atom. The van der Waals surface area contributed by atoms with E-state index in [1.807, 2.05) is 0 Å². The average Bonchev–Trinajstić information content (AvgIpc) is 2.66. The summed E-state index contributed by atoms with van der Waals surface area (Å²) in [5.74, 6) is -0.192. The van der Waals surface area contributed by atoms with E-state index in [0.717, 1.165) is 0 Å². The summed E-state index contributed by atoms with van der Waals surface area (Å²) in [5.41, 5.74) is 0. The van der Waals surface area contributed by atoms with E-state index in [9.17, 15) is 9.59 Å². The second kappa shape index (κ2) is 4.60. The van der Waals surface area contributed by atoms with Crippen molar-refractivity contribution in [1.82, 2.24) is 5.32 Å². The van der Waals surface area contributed by atoms with Gasteiger partial charge >= 0.3 is 0 Å². The first-order valence-corrected chi connectivity index (χ1v) is 4.45. The second-order valence-corrected chi connectivity index (χ2v) is 3.28. The molecule has 0 fully saturated rings. The fourth-order valence-electron chi connectivity index (χ4n) is 0.866. The van der Waals surface area contributed by atoms with Crippen molar-refractivity contribution in [1.29, 1.82) is 0 Å². The Bertz CT molecular complexity index is 314. The summed E-state index contributed by atoms with van der Waals surface area (Å²) < 4.78 is 4.86. The van der Waals surface area contributed by atoms with Crippen LogP contribution in [0.3, 0.4) is 0 Å². The van der Waals surface area contributed by atoms with Crippen LogP contribution in [-0.4, -0.2) is 18.2 Å². The molecule has 0 saturated carbocycles. The zero-order valence-electron chi connectivity index (χ0n) is 8.24. The minimum Gasteiger partial charge on any atom is -0.459 e. The fraction of sp³-hybridized carbons (Fsp3) is 0.400. The van der Waals surface area contributed by atoms with Crippen LogP contribution in [-0.2, 0) is 4.79 Å². The molecular formula is C10H13NO3. The number of carbonyl (C=O) groups is 2. The van der Waals surface area contributed by atoms with Gasteiger partial charge in [0.25, 0.3) is 5.91 Å². The second-order valence-electron chi connectivity index (χ2n) is 3.28. The van der Waals surface area contributed by atoms with Crippen LogP contribution in [0.5, 0.6) is 0 Å². The Kier molecular flexibility index (Phi) is 3.45. The molecule has 0 aliphatic carbocycles. The highest BCUT2D eigenvalue weighted by Gasteiger charge is 2.11. The van der Waals surface area contributed by atoms with Crippen LogP contribution in [0, 0.1) is 5.92 Å². The molecule has 0 bridgehead atoms. The van der Waals surface area contributed by atoms with Gasteiger partial charge in [-0.2, -0.15) is 0 Å². The SMILES string of the molecule is CC(C)C(=O)CNC(=O)c1ccco1. The van der Waals surface area contributed by atoms with Crippen LogP contribution < -0.4 is 5.32 Å². The maximum absolute atomic E-state index is 11.3. The van der Waals surface area contributed by atoms with E-state index < -0.39 is 0 Å². The summed E-state index contributed by atoms with van der Waals surface area (Å²) >= 11 is 0. The molecule has 0 atom stereocenters. The summed E-state index contributed by atoms with van der Waals surface area (Å²) in [6, 6.07) is 3.17. The van der Waals surface area contributed by atoms with Crippen LogP contribution in [0.2, 0.25) is 0 Å². The first-order chi connectivity index (χ1) is 6.61. The number of rotatable bonds is 4. The summed E-state index contributed by atoms with van der Waals surface area (Å²) in [7, 11) is 0. The molecule has 4 heteroatoms.